The van der Waals surface area contributed by atoms with E-state index in [9.17, 15) is 9.59 Å². The van der Waals surface area contributed by atoms with Crippen LogP contribution in [0.3, 0.4) is 0 Å². The predicted molar refractivity (Wildman–Crippen MR) is 99.0 cm³/mol. The van der Waals surface area contributed by atoms with Crippen LogP contribution in [-0.4, -0.2) is 11.8 Å². The molecule has 24 heavy (non-hydrogen) atoms. The van der Waals surface area contributed by atoms with Crippen molar-refractivity contribution < 1.29 is 9.59 Å². The SMILES string of the molecule is CC(=O)Nc1sc2c(c1C(=O)Nc1ccccc1C)CCCCC2. The molecule has 0 atom stereocenters. The Balaban J connectivity index is 1.98. The summed E-state index contributed by atoms with van der Waals surface area (Å²) in [5.41, 5.74) is 3.60. The summed E-state index contributed by atoms with van der Waals surface area (Å²) in [6.45, 7) is 3.45. The molecule has 0 aliphatic heterocycles. The Morgan fingerprint density at radius 2 is 1.79 bits per heavy atom. The van der Waals surface area contributed by atoms with Crippen LogP contribution in [0.25, 0.3) is 0 Å². The van der Waals surface area contributed by atoms with E-state index < -0.39 is 0 Å². The smallest absolute Gasteiger partial charge is 0.258 e. The maximum Gasteiger partial charge on any atom is 0.258 e. The van der Waals surface area contributed by atoms with Crippen molar-refractivity contribution in [2.24, 2.45) is 0 Å². The van der Waals surface area contributed by atoms with Gasteiger partial charge in [0.15, 0.2) is 0 Å². The third kappa shape index (κ3) is 3.51. The molecule has 1 aromatic carbocycles. The highest BCUT2D eigenvalue weighted by atomic mass is 32.1. The molecule has 0 radical (unpaired) electrons. The van der Waals surface area contributed by atoms with E-state index >= 15 is 0 Å². The number of hydrogen-bond acceptors (Lipinski definition) is 3. The largest absolute Gasteiger partial charge is 0.322 e. The zero-order chi connectivity index (χ0) is 17.1. The molecule has 0 spiro atoms. The lowest BCUT2D eigenvalue weighted by Gasteiger charge is -2.11. The van der Waals surface area contributed by atoms with E-state index in [1.165, 1.54) is 18.2 Å². The fourth-order valence-corrected chi connectivity index (χ4v) is 4.46. The zero-order valence-corrected chi connectivity index (χ0v) is 14.9. The van der Waals surface area contributed by atoms with Gasteiger partial charge < -0.3 is 10.6 Å². The van der Waals surface area contributed by atoms with Gasteiger partial charge in [0.05, 0.1) is 5.56 Å². The maximum absolute atomic E-state index is 13.0. The van der Waals surface area contributed by atoms with Crippen LogP contribution in [0.2, 0.25) is 0 Å². The summed E-state index contributed by atoms with van der Waals surface area (Å²) in [6, 6.07) is 7.73. The molecule has 0 unspecified atom stereocenters. The number of fused-ring (bicyclic) bond motifs is 1. The number of hydrogen-bond donors (Lipinski definition) is 2. The van der Waals surface area contributed by atoms with Gasteiger partial charge in [-0.25, -0.2) is 0 Å². The first-order chi connectivity index (χ1) is 11.6. The summed E-state index contributed by atoms with van der Waals surface area (Å²) < 4.78 is 0. The number of rotatable bonds is 3. The molecule has 1 aliphatic rings. The van der Waals surface area contributed by atoms with Gasteiger partial charge in [0.2, 0.25) is 5.91 Å². The Bertz CT molecular complexity index is 780. The number of aryl methyl sites for hydroxylation is 2. The standard InChI is InChI=1S/C19H22N2O2S/c1-12-8-6-7-10-15(12)21-18(23)17-14-9-4-3-5-11-16(14)24-19(17)20-13(2)22/h6-8,10H,3-5,9,11H2,1-2H3,(H,20,22)(H,21,23). The molecular formula is C19H22N2O2S. The van der Waals surface area contributed by atoms with Crippen molar-refractivity contribution in [2.45, 2.75) is 46.0 Å². The maximum atomic E-state index is 13.0. The second-order valence-corrected chi connectivity index (χ2v) is 7.32. The van der Waals surface area contributed by atoms with Gasteiger partial charge in [0, 0.05) is 17.5 Å². The van der Waals surface area contributed by atoms with Crippen molar-refractivity contribution >= 4 is 33.8 Å². The molecule has 2 N–H and O–H groups in total. The number of amides is 2. The van der Waals surface area contributed by atoms with Crippen LogP contribution in [0.5, 0.6) is 0 Å². The molecule has 2 amide bonds. The van der Waals surface area contributed by atoms with Gasteiger partial charge in [-0.15, -0.1) is 11.3 Å². The summed E-state index contributed by atoms with van der Waals surface area (Å²) >= 11 is 1.55. The fraction of sp³-hybridized carbons (Fsp3) is 0.368. The molecule has 0 fully saturated rings. The minimum atomic E-state index is -0.142. The summed E-state index contributed by atoms with van der Waals surface area (Å²) in [5, 5.41) is 6.55. The minimum Gasteiger partial charge on any atom is -0.322 e. The van der Waals surface area contributed by atoms with Crippen LogP contribution in [0, 0.1) is 6.92 Å². The zero-order valence-electron chi connectivity index (χ0n) is 14.1. The molecule has 126 valence electrons. The lowest BCUT2D eigenvalue weighted by atomic mass is 10.0. The predicted octanol–water partition coefficient (Wildman–Crippen LogP) is 4.54. The molecule has 4 nitrogen and oxygen atoms in total. The highest BCUT2D eigenvalue weighted by molar-refractivity contribution is 7.17. The van der Waals surface area contributed by atoms with E-state index in [0.717, 1.165) is 42.5 Å². The highest BCUT2D eigenvalue weighted by Crippen LogP contribution is 2.38. The molecule has 2 aromatic rings. The highest BCUT2D eigenvalue weighted by Gasteiger charge is 2.25. The van der Waals surface area contributed by atoms with Crippen molar-refractivity contribution in [1.82, 2.24) is 0 Å². The Labute approximate surface area is 146 Å². The van der Waals surface area contributed by atoms with Gasteiger partial charge in [0.1, 0.15) is 5.00 Å². The van der Waals surface area contributed by atoms with Crippen molar-refractivity contribution in [3.63, 3.8) is 0 Å². The Hall–Kier alpha value is -2.14. The number of nitrogens with one attached hydrogen (secondary N) is 2. The molecule has 1 heterocycles. The average molecular weight is 342 g/mol. The third-order valence-corrected chi connectivity index (χ3v) is 5.54. The van der Waals surface area contributed by atoms with Gasteiger partial charge in [-0.1, -0.05) is 24.6 Å². The Morgan fingerprint density at radius 1 is 1.04 bits per heavy atom. The monoisotopic (exact) mass is 342 g/mol. The molecule has 0 saturated carbocycles. The van der Waals surface area contributed by atoms with E-state index in [1.54, 1.807) is 11.3 Å². The summed E-state index contributed by atoms with van der Waals surface area (Å²) in [7, 11) is 0. The second kappa shape index (κ2) is 7.18. The van der Waals surface area contributed by atoms with Crippen LogP contribution in [-0.2, 0) is 17.6 Å². The number of benzene rings is 1. The lowest BCUT2D eigenvalue weighted by Crippen LogP contribution is -2.17. The number of carbonyl (C=O) groups is 2. The van der Waals surface area contributed by atoms with Crippen LogP contribution in [0.1, 0.15) is 52.5 Å². The fourth-order valence-electron chi connectivity index (χ4n) is 3.13. The van der Waals surface area contributed by atoms with Crippen molar-refractivity contribution in [2.75, 3.05) is 10.6 Å². The van der Waals surface area contributed by atoms with Crippen LogP contribution < -0.4 is 10.6 Å². The van der Waals surface area contributed by atoms with Crippen molar-refractivity contribution in [3.05, 3.63) is 45.8 Å². The van der Waals surface area contributed by atoms with Gasteiger partial charge in [-0.3, -0.25) is 9.59 Å². The summed E-state index contributed by atoms with van der Waals surface area (Å²) in [5.74, 6) is -0.274. The third-order valence-electron chi connectivity index (χ3n) is 4.33. The van der Waals surface area contributed by atoms with Gasteiger partial charge in [-0.05, 0) is 49.8 Å². The Kier molecular flexibility index (Phi) is 5.00. The number of para-hydroxylation sites is 1. The number of anilines is 2. The average Bonchev–Trinajstić information content (AvgIpc) is 2.70. The normalized spacial score (nSPS) is 13.8. The molecule has 1 aromatic heterocycles. The van der Waals surface area contributed by atoms with E-state index in [2.05, 4.69) is 10.6 Å². The quantitative estimate of drug-likeness (QED) is 0.805. The summed E-state index contributed by atoms with van der Waals surface area (Å²) in [4.78, 5) is 25.7. The minimum absolute atomic E-state index is 0.132. The van der Waals surface area contributed by atoms with E-state index in [-0.39, 0.29) is 11.8 Å². The number of thiophene rings is 1. The second-order valence-electron chi connectivity index (χ2n) is 6.22. The van der Waals surface area contributed by atoms with E-state index in [1.807, 2.05) is 31.2 Å². The van der Waals surface area contributed by atoms with Gasteiger partial charge in [-0.2, -0.15) is 0 Å². The molecule has 1 aliphatic carbocycles. The topological polar surface area (TPSA) is 58.2 Å². The molecule has 3 rings (SSSR count). The first-order valence-corrected chi connectivity index (χ1v) is 9.17. The van der Waals surface area contributed by atoms with E-state index in [4.69, 9.17) is 0 Å². The first kappa shape index (κ1) is 16.7. The number of carbonyl (C=O) groups excluding carboxylic acids is 2. The molecule has 0 saturated heterocycles. The molecule has 5 heteroatoms. The van der Waals surface area contributed by atoms with Crippen LogP contribution >= 0.6 is 11.3 Å². The van der Waals surface area contributed by atoms with Crippen LogP contribution in [0.15, 0.2) is 24.3 Å². The first-order valence-electron chi connectivity index (χ1n) is 8.35. The van der Waals surface area contributed by atoms with Gasteiger partial charge in [0.25, 0.3) is 5.91 Å². The van der Waals surface area contributed by atoms with Gasteiger partial charge >= 0.3 is 0 Å². The van der Waals surface area contributed by atoms with Crippen molar-refractivity contribution in [1.29, 1.82) is 0 Å². The lowest BCUT2D eigenvalue weighted by molar-refractivity contribution is -0.114. The molecular weight excluding hydrogens is 320 g/mol. The molecule has 0 bridgehead atoms. The Morgan fingerprint density at radius 3 is 2.54 bits per heavy atom. The van der Waals surface area contributed by atoms with Crippen molar-refractivity contribution in [3.8, 4) is 0 Å². The van der Waals surface area contributed by atoms with E-state index in [0.29, 0.717) is 10.6 Å². The van der Waals surface area contributed by atoms with Crippen LogP contribution in [0.4, 0.5) is 10.7 Å². The summed E-state index contributed by atoms with van der Waals surface area (Å²) in [6.07, 6.45) is 5.32.